The van der Waals surface area contributed by atoms with Crippen molar-refractivity contribution >= 4 is 17.4 Å². The van der Waals surface area contributed by atoms with Crippen LogP contribution in [0.3, 0.4) is 0 Å². The van der Waals surface area contributed by atoms with Gasteiger partial charge in [0.25, 0.3) is 0 Å². The molecule has 1 atom stereocenters. The van der Waals surface area contributed by atoms with Gasteiger partial charge in [0.1, 0.15) is 5.65 Å². The molecule has 1 aliphatic rings. The minimum Gasteiger partial charge on any atom is -0.309 e. The summed E-state index contributed by atoms with van der Waals surface area (Å²) in [6.07, 6.45) is 1.13. The Hall–Kier alpha value is -3.35. The van der Waals surface area contributed by atoms with E-state index in [1.807, 2.05) is 12.1 Å². The van der Waals surface area contributed by atoms with Crippen LogP contribution in [0, 0.1) is 17.2 Å². The standard InChI is InChI=1S/C20H19F3N6O/c21-20(22,23)8-6-15(7-9-24)29-11-14(10-25-29)16-2-1-3-18-26-17(12-28(16)18)27-19(30)13-4-5-13/h1-3,10-13,15H,4-8H2,(H,27,30). The molecule has 0 aliphatic heterocycles. The topological polar surface area (TPSA) is 88.0 Å². The second-order valence-corrected chi connectivity index (χ2v) is 7.41. The molecule has 0 aromatic carbocycles. The van der Waals surface area contributed by atoms with Gasteiger partial charge in [-0.15, -0.1) is 0 Å². The summed E-state index contributed by atoms with van der Waals surface area (Å²) in [5.41, 5.74) is 2.02. The quantitative estimate of drug-likeness (QED) is 0.621. The van der Waals surface area contributed by atoms with E-state index in [-0.39, 0.29) is 24.7 Å². The highest BCUT2D eigenvalue weighted by molar-refractivity contribution is 5.93. The summed E-state index contributed by atoms with van der Waals surface area (Å²) >= 11 is 0. The van der Waals surface area contributed by atoms with Crippen molar-refractivity contribution in [3.8, 4) is 17.3 Å². The lowest BCUT2D eigenvalue weighted by molar-refractivity contribution is -0.137. The van der Waals surface area contributed by atoms with Crippen LogP contribution in [-0.2, 0) is 4.79 Å². The van der Waals surface area contributed by atoms with Gasteiger partial charge in [-0.25, -0.2) is 4.98 Å². The lowest BCUT2D eigenvalue weighted by Gasteiger charge is -2.15. The van der Waals surface area contributed by atoms with Crippen molar-refractivity contribution in [1.82, 2.24) is 19.2 Å². The van der Waals surface area contributed by atoms with E-state index in [9.17, 15) is 18.0 Å². The molecule has 10 heteroatoms. The number of aromatic nitrogens is 4. The van der Waals surface area contributed by atoms with Crippen LogP contribution in [0.15, 0.2) is 36.8 Å². The average molecular weight is 416 g/mol. The number of imidazole rings is 1. The molecule has 1 aliphatic carbocycles. The predicted molar refractivity (Wildman–Crippen MR) is 102 cm³/mol. The first-order valence-corrected chi connectivity index (χ1v) is 9.61. The number of hydrogen-bond donors (Lipinski definition) is 1. The third-order valence-electron chi connectivity index (χ3n) is 5.05. The minimum absolute atomic E-state index is 0.0446. The fourth-order valence-electron chi connectivity index (χ4n) is 3.31. The number of nitriles is 1. The van der Waals surface area contributed by atoms with E-state index in [0.29, 0.717) is 17.0 Å². The fourth-order valence-corrected chi connectivity index (χ4v) is 3.31. The second-order valence-electron chi connectivity index (χ2n) is 7.41. The summed E-state index contributed by atoms with van der Waals surface area (Å²) in [5.74, 6) is 0.456. The number of nitrogens with zero attached hydrogens (tertiary/aromatic N) is 5. The number of alkyl halides is 3. The summed E-state index contributed by atoms with van der Waals surface area (Å²) in [7, 11) is 0. The Morgan fingerprint density at radius 2 is 2.13 bits per heavy atom. The molecule has 30 heavy (non-hydrogen) atoms. The fraction of sp³-hybridized carbons (Fsp3) is 0.400. The van der Waals surface area contributed by atoms with Crippen LogP contribution in [0.25, 0.3) is 16.9 Å². The van der Waals surface area contributed by atoms with Crippen LogP contribution in [0.1, 0.15) is 38.1 Å². The summed E-state index contributed by atoms with van der Waals surface area (Å²) in [5, 5.41) is 16.0. The van der Waals surface area contributed by atoms with Crippen LogP contribution < -0.4 is 5.32 Å². The van der Waals surface area contributed by atoms with Crippen molar-refractivity contribution in [2.45, 2.75) is 44.3 Å². The average Bonchev–Trinajstić information content (AvgIpc) is 3.29. The highest BCUT2D eigenvalue weighted by Gasteiger charge is 2.30. The van der Waals surface area contributed by atoms with Crippen LogP contribution >= 0.6 is 0 Å². The first-order chi connectivity index (χ1) is 14.3. The molecular formula is C20H19F3N6O. The van der Waals surface area contributed by atoms with Gasteiger partial charge in [0.15, 0.2) is 5.82 Å². The van der Waals surface area contributed by atoms with Crippen molar-refractivity contribution in [3.63, 3.8) is 0 Å². The predicted octanol–water partition coefficient (Wildman–Crippen LogP) is 4.34. The number of fused-ring (bicyclic) bond motifs is 1. The molecule has 1 unspecified atom stereocenters. The molecule has 156 valence electrons. The van der Waals surface area contributed by atoms with Gasteiger partial charge >= 0.3 is 6.18 Å². The number of nitrogens with one attached hydrogen (secondary N) is 1. The smallest absolute Gasteiger partial charge is 0.309 e. The van der Waals surface area contributed by atoms with E-state index in [1.165, 1.54) is 4.68 Å². The molecule has 1 saturated carbocycles. The lowest BCUT2D eigenvalue weighted by atomic mass is 10.1. The SMILES string of the molecule is N#CCC(CCC(F)(F)F)n1cc(-c2cccc3nc(NC(=O)C4CC4)cn23)cn1. The first-order valence-electron chi connectivity index (χ1n) is 9.61. The molecule has 0 radical (unpaired) electrons. The van der Waals surface area contributed by atoms with E-state index in [4.69, 9.17) is 5.26 Å². The molecule has 7 nitrogen and oxygen atoms in total. The number of halogens is 3. The Bertz CT molecular complexity index is 1110. The number of rotatable bonds is 7. The number of anilines is 1. The maximum Gasteiger partial charge on any atom is 0.389 e. The number of amides is 1. The Balaban J connectivity index is 1.59. The zero-order valence-electron chi connectivity index (χ0n) is 15.9. The van der Waals surface area contributed by atoms with Crippen molar-refractivity contribution < 1.29 is 18.0 Å². The molecule has 0 spiro atoms. The Kier molecular flexibility index (Phi) is 5.20. The third-order valence-corrected chi connectivity index (χ3v) is 5.05. The third kappa shape index (κ3) is 4.45. The molecular weight excluding hydrogens is 397 g/mol. The van der Waals surface area contributed by atoms with Crippen molar-refractivity contribution in [1.29, 1.82) is 5.26 Å². The van der Waals surface area contributed by atoms with E-state index < -0.39 is 18.6 Å². The number of carbonyl (C=O) groups excluding carboxylic acids is 1. The molecule has 1 amide bonds. The summed E-state index contributed by atoms with van der Waals surface area (Å²) in [6.45, 7) is 0. The summed E-state index contributed by atoms with van der Waals surface area (Å²) in [6, 6.07) is 6.70. The van der Waals surface area contributed by atoms with Gasteiger partial charge in [-0.05, 0) is 31.4 Å². The summed E-state index contributed by atoms with van der Waals surface area (Å²) in [4.78, 5) is 16.4. The normalized spacial score (nSPS) is 15.1. The van der Waals surface area contributed by atoms with Gasteiger partial charge in [-0.2, -0.15) is 23.5 Å². The zero-order valence-corrected chi connectivity index (χ0v) is 15.9. The van der Waals surface area contributed by atoms with E-state index in [2.05, 4.69) is 15.4 Å². The van der Waals surface area contributed by atoms with Crippen LogP contribution in [-0.4, -0.2) is 31.2 Å². The highest BCUT2D eigenvalue weighted by Crippen LogP contribution is 2.31. The molecule has 0 bridgehead atoms. The number of hydrogen-bond acceptors (Lipinski definition) is 4. The first kappa shape index (κ1) is 19.9. The molecule has 3 aromatic heterocycles. The van der Waals surface area contributed by atoms with Crippen molar-refractivity contribution in [3.05, 3.63) is 36.8 Å². The Morgan fingerprint density at radius 3 is 2.83 bits per heavy atom. The van der Waals surface area contributed by atoms with E-state index in [0.717, 1.165) is 18.5 Å². The van der Waals surface area contributed by atoms with Crippen molar-refractivity contribution in [2.75, 3.05) is 5.32 Å². The van der Waals surface area contributed by atoms with E-state index in [1.54, 1.807) is 35.1 Å². The molecule has 3 aromatic rings. The van der Waals surface area contributed by atoms with Crippen LogP contribution in [0.5, 0.6) is 0 Å². The van der Waals surface area contributed by atoms with Gasteiger partial charge in [0, 0.05) is 24.1 Å². The molecule has 1 N–H and O–H groups in total. The second kappa shape index (κ2) is 7.82. The lowest BCUT2D eigenvalue weighted by Crippen LogP contribution is -2.14. The highest BCUT2D eigenvalue weighted by atomic mass is 19.4. The summed E-state index contributed by atoms with van der Waals surface area (Å²) < 4.78 is 41.0. The molecule has 1 fully saturated rings. The van der Waals surface area contributed by atoms with Gasteiger partial charge in [-0.1, -0.05) is 6.07 Å². The van der Waals surface area contributed by atoms with Gasteiger partial charge < -0.3 is 5.32 Å². The maximum atomic E-state index is 12.6. The van der Waals surface area contributed by atoms with Gasteiger partial charge in [0.05, 0.1) is 36.6 Å². The monoisotopic (exact) mass is 416 g/mol. The molecule has 3 heterocycles. The largest absolute Gasteiger partial charge is 0.389 e. The van der Waals surface area contributed by atoms with Crippen LogP contribution in [0.4, 0.5) is 19.0 Å². The Morgan fingerprint density at radius 1 is 1.33 bits per heavy atom. The van der Waals surface area contributed by atoms with Gasteiger partial charge in [-0.3, -0.25) is 13.9 Å². The Labute approximate surface area is 170 Å². The zero-order chi connectivity index (χ0) is 21.3. The van der Waals surface area contributed by atoms with E-state index >= 15 is 0 Å². The number of pyridine rings is 1. The van der Waals surface area contributed by atoms with Crippen LogP contribution in [0.2, 0.25) is 0 Å². The molecule has 0 saturated heterocycles. The van der Waals surface area contributed by atoms with Gasteiger partial charge in [0.2, 0.25) is 5.91 Å². The molecule has 4 rings (SSSR count). The minimum atomic E-state index is -4.28. The van der Waals surface area contributed by atoms with Crippen molar-refractivity contribution in [2.24, 2.45) is 5.92 Å². The maximum absolute atomic E-state index is 12.6. The number of carbonyl (C=O) groups is 1.